The predicted octanol–water partition coefficient (Wildman–Crippen LogP) is 1.70. The molecular weight excluding hydrogens is 202 g/mol. The van der Waals surface area contributed by atoms with Crippen LogP contribution in [0.3, 0.4) is 0 Å². The van der Waals surface area contributed by atoms with E-state index >= 15 is 0 Å². The van der Waals surface area contributed by atoms with Crippen LogP contribution in [0.5, 0.6) is 0 Å². The average molecular weight is 221 g/mol. The summed E-state index contributed by atoms with van der Waals surface area (Å²) in [4.78, 5) is 8.49. The van der Waals surface area contributed by atoms with Gasteiger partial charge in [-0.25, -0.2) is 0 Å². The van der Waals surface area contributed by atoms with E-state index in [9.17, 15) is 0 Å². The molecule has 0 spiro atoms. The van der Waals surface area contributed by atoms with E-state index in [1.54, 1.807) is 12.4 Å². The molecule has 0 aromatic carbocycles. The number of ether oxygens (including phenoxy) is 1. The molecule has 1 aliphatic heterocycles. The smallest absolute Gasteiger partial charge is 0.0864 e. The van der Waals surface area contributed by atoms with Gasteiger partial charge in [0.2, 0.25) is 0 Å². The highest BCUT2D eigenvalue weighted by Crippen LogP contribution is 2.35. The van der Waals surface area contributed by atoms with Gasteiger partial charge in [-0.05, 0) is 33.2 Å². The van der Waals surface area contributed by atoms with Crippen LogP contribution in [-0.2, 0) is 4.74 Å². The molecule has 1 aromatic heterocycles. The predicted molar refractivity (Wildman–Crippen MR) is 62.0 cm³/mol. The Labute approximate surface area is 96.4 Å². The summed E-state index contributed by atoms with van der Waals surface area (Å²) in [5.74, 6) is 0. The Kier molecular flexibility index (Phi) is 3.51. The van der Waals surface area contributed by atoms with Crippen LogP contribution in [-0.4, -0.2) is 29.2 Å². The molecule has 0 radical (unpaired) electrons. The van der Waals surface area contributed by atoms with Crippen molar-refractivity contribution in [3.63, 3.8) is 0 Å². The molecule has 4 heteroatoms. The third-order valence-corrected chi connectivity index (χ3v) is 3.28. The second-order valence-corrected chi connectivity index (χ2v) is 4.47. The molecule has 0 amide bonds. The van der Waals surface area contributed by atoms with Gasteiger partial charge in [0.25, 0.3) is 0 Å². The fourth-order valence-corrected chi connectivity index (χ4v) is 2.41. The maximum atomic E-state index is 5.94. The normalized spacial score (nSPS) is 27.6. The minimum Gasteiger partial charge on any atom is -0.373 e. The second kappa shape index (κ2) is 4.89. The van der Waals surface area contributed by atoms with Gasteiger partial charge in [-0.15, -0.1) is 0 Å². The summed E-state index contributed by atoms with van der Waals surface area (Å²) in [5.41, 5.74) is 0.789. The third kappa shape index (κ3) is 2.23. The van der Waals surface area contributed by atoms with Crippen molar-refractivity contribution in [2.24, 2.45) is 0 Å². The topological polar surface area (TPSA) is 47.0 Å². The number of nitrogens with one attached hydrogen (secondary N) is 1. The Bertz CT molecular complexity index is 322. The number of hydrogen-bond donors (Lipinski definition) is 1. The average Bonchev–Trinajstić information content (AvgIpc) is 2.32. The van der Waals surface area contributed by atoms with Crippen LogP contribution in [0.4, 0.5) is 0 Å². The number of aromatic nitrogens is 2. The van der Waals surface area contributed by atoms with E-state index in [2.05, 4.69) is 22.2 Å². The largest absolute Gasteiger partial charge is 0.373 e. The molecule has 0 bridgehead atoms. The van der Waals surface area contributed by atoms with E-state index in [1.807, 2.05) is 13.2 Å². The van der Waals surface area contributed by atoms with Crippen LogP contribution in [0.15, 0.2) is 18.6 Å². The zero-order valence-electron chi connectivity index (χ0n) is 9.94. The molecule has 16 heavy (non-hydrogen) atoms. The first-order valence-electron chi connectivity index (χ1n) is 5.83. The molecule has 4 nitrogen and oxygen atoms in total. The van der Waals surface area contributed by atoms with Gasteiger partial charge < -0.3 is 10.1 Å². The van der Waals surface area contributed by atoms with Crippen molar-refractivity contribution < 1.29 is 4.74 Å². The minimum absolute atomic E-state index is 0.112. The van der Waals surface area contributed by atoms with Crippen molar-refractivity contribution in [2.75, 3.05) is 13.7 Å². The van der Waals surface area contributed by atoms with Gasteiger partial charge in [-0.3, -0.25) is 9.97 Å². The first-order valence-corrected chi connectivity index (χ1v) is 5.83. The molecule has 1 aliphatic rings. The first-order chi connectivity index (χ1) is 7.76. The molecule has 0 aliphatic carbocycles. The van der Waals surface area contributed by atoms with Gasteiger partial charge in [0.1, 0.15) is 0 Å². The van der Waals surface area contributed by atoms with Crippen molar-refractivity contribution in [1.82, 2.24) is 15.3 Å². The zero-order chi connectivity index (χ0) is 11.4. The van der Waals surface area contributed by atoms with Gasteiger partial charge in [-0.1, -0.05) is 0 Å². The molecule has 88 valence electrons. The van der Waals surface area contributed by atoms with E-state index in [0.29, 0.717) is 0 Å². The lowest BCUT2D eigenvalue weighted by Crippen LogP contribution is -2.45. The zero-order valence-corrected chi connectivity index (χ0v) is 9.94. The van der Waals surface area contributed by atoms with Crippen LogP contribution in [0.2, 0.25) is 0 Å². The fraction of sp³-hybridized carbons (Fsp3) is 0.667. The lowest BCUT2D eigenvalue weighted by molar-refractivity contribution is -0.0893. The lowest BCUT2D eigenvalue weighted by Gasteiger charge is -2.40. The molecule has 2 atom stereocenters. The maximum Gasteiger partial charge on any atom is 0.0864 e. The highest BCUT2D eigenvalue weighted by atomic mass is 16.5. The molecule has 1 saturated heterocycles. The number of nitrogens with zero attached hydrogens (tertiary/aromatic N) is 2. The van der Waals surface area contributed by atoms with Crippen molar-refractivity contribution in [1.29, 1.82) is 0 Å². The monoisotopic (exact) mass is 221 g/mol. The molecule has 2 heterocycles. The molecule has 1 N–H and O–H groups in total. The summed E-state index contributed by atoms with van der Waals surface area (Å²) in [6.07, 6.45) is 8.67. The van der Waals surface area contributed by atoms with Gasteiger partial charge in [0.15, 0.2) is 0 Å². The summed E-state index contributed by atoms with van der Waals surface area (Å²) in [6.45, 7) is 3.00. The number of likely N-dealkylation sites (N-methyl/N-ethyl adjacent to an activating group) is 1. The quantitative estimate of drug-likeness (QED) is 0.844. The molecule has 2 rings (SSSR count). The summed E-state index contributed by atoms with van der Waals surface area (Å²) in [7, 11) is 1.95. The highest BCUT2D eigenvalue weighted by molar-refractivity contribution is 5.09. The highest BCUT2D eigenvalue weighted by Gasteiger charge is 2.37. The Balaban J connectivity index is 2.21. The Morgan fingerprint density at radius 3 is 2.88 bits per heavy atom. The van der Waals surface area contributed by atoms with E-state index in [0.717, 1.165) is 25.1 Å². The lowest BCUT2D eigenvalue weighted by atomic mass is 9.86. The van der Waals surface area contributed by atoms with Gasteiger partial charge in [0, 0.05) is 19.0 Å². The molecular formula is C12H19N3O. The first kappa shape index (κ1) is 11.5. The van der Waals surface area contributed by atoms with Crippen molar-refractivity contribution in [2.45, 2.75) is 37.8 Å². The van der Waals surface area contributed by atoms with E-state index < -0.39 is 0 Å². The summed E-state index contributed by atoms with van der Waals surface area (Å²) >= 11 is 0. The van der Waals surface area contributed by atoms with E-state index in [1.165, 1.54) is 6.42 Å². The molecule has 2 unspecified atom stereocenters. The standard InChI is InChI=1S/C12H19N3O/c1-12(5-3-4-8-16-12)11(13-2)10-9-14-6-7-15-10/h6-7,9,11,13H,3-5,8H2,1-2H3. The summed E-state index contributed by atoms with van der Waals surface area (Å²) in [6, 6.07) is 0.112. The van der Waals surface area contributed by atoms with Gasteiger partial charge >= 0.3 is 0 Å². The second-order valence-electron chi connectivity index (χ2n) is 4.47. The van der Waals surface area contributed by atoms with Gasteiger partial charge in [-0.2, -0.15) is 0 Å². The van der Waals surface area contributed by atoms with Crippen LogP contribution in [0.1, 0.15) is 37.9 Å². The Morgan fingerprint density at radius 2 is 2.31 bits per heavy atom. The number of hydrogen-bond acceptors (Lipinski definition) is 4. The van der Waals surface area contributed by atoms with Crippen LogP contribution in [0, 0.1) is 0 Å². The van der Waals surface area contributed by atoms with Crippen molar-refractivity contribution >= 4 is 0 Å². The van der Waals surface area contributed by atoms with E-state index in [4.69, 9.17) is 4.74 Å². The van der Waals surface area contributed by atoms with Crippen molar-refractivity contribution in [3.8, 4) is 0 Å². The Hall–Kier alpha value is -1.00. The SMILES string of the molecule is CNC(c1cnccn1)C1(C)CCCCO1. The summed E-state index contributed by atoms with van der Waals surface area (Å²) < 4.78 is 5.94. The van der Waals surface area contributed by atoms with Crippen LogP contribution in [0.25, 0.3) is 0 Å². The van der Waals surface area contributed by atoms with Crippen molar-refractivity contribution in [3.05, 3.63) is 24.3 Å². The molecule has 1 fully saturated rings. The number of rotatable bonds is 3. The third-order valence-electron chi connectivity index (χ3n) is 3.28. The van der Waals surface area contributed by atoms with E-state index in [-0.39, 0.29) is 11.6 Å². The summed E-state index contributed by atoms with van der Waals surface area (Å²) in [5, 5.41) is 3.30. The van der Waals surface area contributed by atoms with Crippen LogP contribution < -0.4 is 5.32 Å². The molecule has 0 saturated carbocycles. The van der Waals surface area contributed by atoms with Crippen LogP contribution >= 0.6 is 0 Å². The maximum absolute atomic E-state index is 5.94. The van der Waals surface area contributed by atoms with Gasteiger partial charge in [0.05, 0.1) is 23.5 Å². The molecule has 1 aromatic rings. The fourth-order valence-electron chi connectivity index (χ4n) is 2.41. The minimum atomic E-state index is -0.164. The Morgan fingerprint density at radius 1 is 1.44 bits per heavy atom.